The molecule has 0 amide bonds. The summed E-state index contributed by atoms with van der Waals surface area (Å²) in [5.74, 6) is -0.415. The number of aliphatic carboxylic acids is 1. The molecule has 1 aliphatic carbocycles. The molecule has 0 radical (unpaired) electrons. The van der Waals surface area contributed by atoms with Crippen molar-refractivity contribution in [3.8, 4) is 0 Å². The van der Waals surface area contributed by atoms with Crippen LogP contribution in [0.25, 0.3) is 0 Å². The Morgan fingerprint density at radius 1 is 1.43 bits per heavy atom. The van der Waals surface area contributed by atoms with Crippen LogP contribution in [0.1, 0.15) is 45.4 Å². The molecule has 0 heterocycles. The summed E-state index contributed by atoms with van der Waals surface area (Å²) in [5, 5.41) is 8.71. The van der Waals surface area contributed by atoms with Crippen LogP contribution in [0.15, 0.2) is 0 Å². The molecule has 1 rings (SSSR count). The minimum absolute atomic E-state index is 0.0304. The molecule has 1 saturated carbocycles. The van der Waals surface area contributed by atoms with Crippen LogP contribution in [0.2, 0.25) is 0 Å². The minimum Gasteiger partial charge on any atom is -0.481 e. The van der Waals surface area contributed by atoms with E-state index in [0.29, 0.717) is 18.8 Å². The van der Waals surface area contributed by atoms with Gasteiger partial charge < -0.3 is 5.11 Å². The van der Waals surface area contributed by atoms with Gasteiger partial charge in [0, 0.05) is 6.42 Å². The molecular formula is C11H19FO2. The molecule has 0 saturated heterocycles. The second-order valence-electron chi connectivity index (χ2n) is 4.45. The molecule has 1 aliphatic rings. The van der Waals surface area contributed by atoms with Crippen LogP contribution in [0.4, 0.5) is 4.39 Å². The first-order valence-electron chi connectivity index (χ1n) is 5.45. The molecule has 1 fully saturated rings. The van der Waals surface area contributed by atoms with E-state index in [-0.39, 0.29) is 12.3 Å². The maximum absolute atomic E-state index is 13.3. The summed E-state index contributed by atoms with van der Waals surface area (Å²) in [5.41, 5.74) is 0. The molecule has 0 aromatic carbocycles. The third-order valence-corrected chi connectivity index (χ3v) is 3.23. The lowest BCUT2D eigenvalue weighted by molar-refractivity contribution is -0.138. The molecular weight excluding hydrogens is 183 g/mol. The zero-order valence-corrected chi connectivity index (χ0v) is 8.71. The number of halogens is 1. The highest BCUT2D eigenvalue weighted by atomic mass is 19.1. The van der Waals surface area contributed by atoms with E-state index in [1.807, 2.05) is 6.92 Å². The van der Waals surface area contributed by atoms with Gasteiger partial charge in [0.15, 0.2) is 0 Å². The summed E-state index contributed by atoms with van der Waals surface area (Å²) in [7, 11) is 0. The molecule has 3 unspecified atom stereocenters. The minimum atomic E-state index is -0.797. The van der Waals surface area contributed by atoms with Gasteiger partial charge in [-0.05, 0) is 24.7 Å². The molecule has 0 spiro atoms. The van der Waals surface area contributed by atoms with Crippen LogP contribution < -0.4 is 0 Å². The SMILES string of the molecule is CC1CCCCC(F)CC1CC(=O)O. The van der Waals surface area contributed by atoms with E-state index in [2.05, 4.69) is 0 Å². The van der Waals surface area contributed by atoms with Gasteiger partial charge in [-0.2, -0.15) is 0 Å². The second kappa shape index (κ2) is 5.32. The predicted molar refractivity (Wildman–Crippen MR) is 52.9 cm³/mol. The third-order valence-electron chi connectivity index (χ3n) is 3.23. The molecule has 3 heteroatoms. The third kappa shape index (κ3) is 3.64. The normalized spacial score (nSPS) is 34.6. The maximum atomic E-state index is 13.3. The lowest BCUT2D eigenvalue weighted by atomic mass is 9.80. The van der Waals surface area contributed by atoms with Crippen LogP contribution in [0, 0.1) is 11.8 Å². The molecule has 1 N–H and O–H groups in total. The fraction of sp³-hybridized carbons (Fsp3) is 0.909. The maximum Gasteiger partial charge on any atom is 0.303 e. The summed E-state index contributed by atoms with van der Waals surface area (Å²) in [6.45, 7) is 2.05. The molecule has 0 aliphatic heterocycles. The Morgan fingerprint density at radius 2 is 2.07 bits per heavy atom. The van der Waals surface area contributed by atoms with Gasteiger partial charge in [0.2, 0.25) is 0 Å². The average Bonchev–Trinajstić information content (AvgIpc) is 2.08. The highest BCUT2D eigenvalue weighted by Gasteiger charge is 2.25. The first kappa shape index (κ1) is 11.5. The first-order valence-corrected chi connectivity index (χ1v) is 5.45. The van der Waals surface area contributed by atoms with Crippen LogP contribution >= 0.6 is 0 Å². The second-order valence-corrected chi connectivity index (χ2v) is 4.45. The Morgan fingerprint density at radius 3 is 2.71 bits per heavy atom. The van der Waals surface area contributed by atoms with Crippen LogP contribution in [-0.4, -0.2) is 17.2 Å². The van der Waals surface area contributed by atoms with Crippen molar-refractivity contribution in [2.75, 3.05) is 0 Å². The number of hydrogen-bond acceptors (Lipinski definition) is 1. The smallest absolute Gasteiger partial charge is 0.303 e. The van der Waals surface area contributed by atoms with Crippen molar-refractivity contribution in [3.63, 3.8) is 0 Å². The van der Waals surface area contributed by atoms with Gasteiger partial charge in [-0.25, -0.2) is 4.39 Å². The van der Waals surface area contributed by atoms with E-state index in [1.54, 1.807) is 0 Å². The van der Waals surface area contributed by atoms with Gasteiger partial charge in [0.25, 0.3) is 0 Å². The van der Waals surface area contributed by atoms with Crippen molar-refractivity contribution in [1.29, 1.82) is 0 Å². The molecule has 14 heavy (non-hydrogen) atoms. The summed E-state index contributed by atoms with van der Waals surface area (Å²) in [6, 6.07) is 0. The van der Waals surface area contributed by atoms with Crippen molar-refractivity contribution in [1.82, 2.24) is 0 Å². The van der Waals surface area contributed by atoms with Gasteiger partial charge in [-0.1, -0.05) is 26.2 Å². The van der Waals surface area contributed by atoms with Crippen molar-refractivity contribution in [2.24, 2.45) is 11.8 Å². The Hall–Kier alpha value is -0.600. The number of carboxylic acids is 1. The van der Waals surface area contributed by atoms with Gasteiger partial charge in [-0.15, -0.1) is 0 Å². The lowest BCUT2D eigenvalue weighted by Crippen LogP contribution is -2.22. The van der Waals surface area contributed by atoms with E-state index >= 15 is 0 Å². The highest BCUT2D eigenvalue weighted by molar-refractivity contribution is 5.67. The first-order chi connectivity index (χ1) is 6.59. The van der Waals surface area contributed by atoms with E-state index in [4.69, 9.17) is 5.11 Å². The van der Waals surface area contributed by atoms with Gasteiger partial charge >= 0.3 is 5.97 Å². The number of hydrogen-bond donors (Lipinski definition) is 1. The lowest BCUT2D eigenvalue weighted by Gasteiger charge is -2.26. The molecule has 3 atom stereocenters. The summed E-state index contributed by atoms with van der Waals surface area (Å²) >= 11 is 0. The Bertz CT molecular complexity index is 194. The zero-order chi connectivity index (χ0) is 10.6. The number of carboxylic acid groups (broad SMARTS) is 1. The summed E-state index contributed by atoms with van der Waals surface area (Å²) in [4.78, 5) is 10.6. The molecule has 0 aromatic heterocycles. The van der Waals surface area contributed by atoms with Crippen molar-refractivity contribution in [3.05, 3.63) is 0 Å². The molecule has 0 bridgehead atoms. The molecule has 0 aromatic rings. The largest absolute Gasteiger partial charge is 0.481 e. The van der Waals surface area contributed by atoms with Crippen molar-refractivity contribution < 1.29 is 14.3 Å². The Labute approximate surface area is 84.5 Å². The monoisotopic (exact) mass is 202 g/mol. The number of rotatable bonds is 2. The van der Waals surface area contributed by atoms with Gasteiger partial charge in [-0.3, -0.25) is 4.79 Å². The Balaban J connectivity index is 2.51. The average molecular weight is 202 g/mol. The fourth-order valence-electron chi connectivity index (χ4n) is 2.26. The number of carbonyl (C=O) groups is 1. The number of alkyl halides is 1. The van der Waals surface area contributed by atoms with Gasteiger partial charge in [0.05, 0.1) is 0 Å². The molecule has 82 valence electrons. The van der Waals surface area contributed by atoms with E-state index in [0.717, 1.165) is 19.3 Å². The summed E-state index contributed by atoms with van der Waals surface area (Å²) in [6.07, 6.45) is 3.42. The topological polar surface area (TPSA) is 37.3 Å². The van der Waals surface area contributed by atoms with E-state index in [1.165, 1.54) is 0 Å². The van der Waals surface area contributed by atoms with Gasteiger partial charge in [0.1, 0.15) is 6.17 Å². The fourth-order valence-corrected chi connectivity index (χ4v) is 2.26. The van der Waals surface area contributed by atoms with E-state index in [9.17, 15) is 9.18 Å². The zero-order valence-electron chi connectivity index (χ0n) is 8.71. The highest BCUT2D eigenvalue weighted by Crippen LogP contribution is 2.31. The summed E-state index contributed by atoms with van der Waals surface area (Å²) < 4.78 is 13.3. The van der Waals surface area contributed by atoms with Crippen LogP contribution in [0.5, 0.6) is 0 Å². The van der Waals surface area contributed by atoms with E-state index < -0.39 is 12.1 Å². The van der Waals surface area contributed by atoms with Crippen LogP contribution in [-0.2, 0) is 4.79 Å². The molecule has 2 nitrogen and oxygen atoms in total. The Kier molecular flexibility index (Phi) is 4.36. The van der Waals surface area contributed by atoms with Crippen molar-refractivity contribution in [2.45, 2.75) is 51.6 Å². The standard InChI is InChI=1S/C11H19FO2/c1-8-4-2-3-5-10(12)6-9(8)7-11(13)14/h8-10H,2-7H2,1H3,(H,13,14). The van der Waals surface area contributed by atoms with Crippen molar-refractivity contribution >= 4 is 5.97 Å². The van der Waals surface area contributed by atoms with Crippen LogP contribution in [0.3, 0.4) is 0 Å². The quantitative estimate of drug-likeness (QED) is 0.747. The predicted octanol–water partition coefficient (Wildman–Crippen LogP) is 3.02.